The van der Waals surface area contributed by atoms with Crippen molar-refractivity contribution in [3.63, 3.8) is 0 Å². The van der Waals surface area contributed by atoms with E-state index >= 15 is 0 Å². The molecule has 2 N–H and O–H groups in total. The van der Waals surface area contributed by atoms with Crippen LogP contribution >= 0.6 is 0 Å². The second-order valence-electron chi connectivity index (χ2n) is 5.27. The van der Waals surface area contributed by atoms with Gasteiger partial charge in [-0.3, -0.25) is 9.59 Å². The largest absolute Gasteiger partial charge is 0.481 e. The lowest BCUT2D eigenvalue weighted by Gasteiger charge is -2.14. The van der Waals surface area contributed by atoms with E-state index in [1.807, 2.05) is 26.0 Å². The van der Waals surface area contributed by atoms with Crippen LogP contribution in [0.3, 0.4) is 0 Å². The van der Waals surface area contributed by atoms with Gasteiger partial charge in [-0.15, -0.1) is 0 Å². The summed E-state index contributed by atoms with van der Waals surface area (Å²) >= 11 is 0. The van der Waals surface area contributed by atoms with E-state index in [9.17, 15) is 9.59 Å². The molecule has 1 saturated carbocycles. The second kappa shape index (κ2) is 5.43. The van der Waals surface area contributed by atoms with Crippen molar-refractivity contribution < 1.29 is 14.7 Å². The molecule has 2 rings (SSSR count). The van der Waals surface area contributed by atoms with E-state index in [0.717, 1.165) is 17.5 Å². The Kier molecular flexibility index (Phi) is 3.88. The van der Waals surface area contributed by atoms with Crippen LogP contribution in [0.4, 0.5) is 0 Å². The number of aryl methyl sites for hydroxylation is 1. The fraction of sp³-hybridized carbons (Fsp3) is 0.467. The Labute approximate surface area is 112 Å². The van der Waals surface area contributed by atoms with Crippen molar-refractivity contribution >= 4 is 11.9 Å². The smallest absolute Gasteiger partial charge is 0.306 e. The molecule has 0 bridgehead atoms. The molecule has 2 atom stereocenters. The maximum atomic E-state index is 12.2. The maximum Gasteiger partial charge on any atom is 0.306 e. The number of carboxylic acid groups (broad SMARTS) is 1. The third-order valence-electron chi connectivity index (χ3n) is 3.97. The molecular formula is C15H19NO3. The van der Waals surface area contributed by atoms with Crippen molar-refractivity contribution in [2.24, 2.45) is 5.92 Å². The van der Waals surface area contributed by atoms with Crippen LogP contribution in [0.5, 0.6) is 0 Å². The van der Waals surface area contributed by atoms with Crippen LogP contribution in [0.2, 0.25) is 0 Å². The number of nitrogens with one attached hydrogen (secondary N) is 1. The number of amides is 1. The van der Waals surface area contributed by atoms with Gasteiger partial charge in [0.25, 0.3) is 5.91 Å². The summed E-state index contributed by atoms with van der Waals surface area (Å²) in [5, 5.41) is 11.9. The Morgan fingerprint density at radius 1 is 1.26 bits per heavy atom. The minimum atomic E-state index is -0.761. The third-order valence-corrected chi connectivity index (χ3v) is 3.97. The number of carbonyl (C=O) groups excluding carboxylic acids is 1. The van der Waals surface area contributed by atoms with Crippen LogP contribution in [0.1, 0.15) is 40.7 Å². The van der Waals surface area contributed by atoms with Crippen LogP contribution in [0.25, 0.3) is 0 Å². The van der Waals surface area contributed by atoms with Gasteiger partial charge in [-0.25, -0.2) is 0 Å². The molecule has 19 heavy (non-hydrogen) atoms. The first-order valence-corrected chi connectivity index (χ1v) is 6.59. The third kappa shape index (κ3) is 2.95. The molecule has 1 aliphatic rings. The zero-order chi connectivity index (χ0) is 14.0. The molecule has 0 heterocycles. The predicted octanol–water partition coefficient (Wildman–Crippen LogP) is 2.29. The van der Waals surface area contributed by atoms with Crippen molar-refractivity contribution in [1.29, 1.82) is 0 Å². The Hall–Kier alpha value is -1.84. The van der Waals surface area contributed by atoms with E-state index in [1.54, 1.807) is 6.07 Å². The first-order valence-electron chi connectivity index (χ1n) is 6.59. The Morgan fingerprint density at radius 3 is 2.63 bits per heavy atom. The molecule has 0 spiro atoms. The molecule has 0 aliphatic heterocycles. The summed E-state index contributed by atoms with van der Waals surface area (Å²) in [6.07, 6.45) is 1.92. The van der Waals surface area contributed by atoms with Crippen molar-refractivity contribution in [2.45, 2.75) is 39.2 Å². The molecule has 1 fully saturated rings. The summed E-state index contributed by atoms with van der Waals surface area (Å²) < 4.78 is 0. The predicted molar refractivity (Wildman–Crippen MR) is 72.1 cm³/mol. The molecule has 0 saturated heterocycles. The lowest BCUT2D eigenvalue weighted by Crippen LogP contribution is -2.33. The maximum absolute atomic E-state index is 12.2. The lowest BCUT2D eigenvalue weighted by molar-refractivity contribution is -0.141. The molecule has 1 amide bonds. The number of carbonyl (C=O) groups is 2. The monoisotopic (exact) mass is 261 g/mol. The van der Waals surface area contributed by atoms with Crippen molar-refractivity contribution in [3.05, 3.63) is 34.9 Å². The molecule has 4 nitrogen and oxygen atoms in total. The van der Waals surface area contributed by atoms with Gasteiger partial charge >= 0.3 is 5.97 Å². The minimum absolute atomic E-state index is 0.0199. The van der Waals surface area contributed by atoms with Crippen LogP contribution in [-0.4, -0.2) is 23.0 Å². The molecule has 102 valence electrons. The summed E-state index contributed by atoms with van der Waals surface area (Å²) in [5.74, 6) is -1.18. The highest BCUT2D eigenvalue weighted by Gasteiger charge is 2.30. The van der Waals surface area contributed by atoms with Crippen LogP contribution in [-0.2, 0) is 4.79 Å². The molecule has 1 aromatic carbocycles. The highest BCUT2D eigenvalue weighted by molar-refractivity contribution is 5.96. The Balaban J connectivity index is 2.02. The van der Waals surface area contributed by atoms with E-state index in [0.29, 0.717) is 18.4 Å². The molecule has 0 radical (unpaired) electrons. The zero-order valence-electron chi connectivity index (χ0n) is 11.3. The molecule has 4 heteroatoms. The Bertz CT molecular complexity index is 510. The summed E-state index contributed by atoms with van der Waals surface area (Å²) in [6, 6.07) is 5.63. The quantitative estimate of drug-likeness (QED) is 0.877. The van der Waals surface area contributed by atoms with Gasteiger partial charge in [0, 0.05) is 11.6 Å². The average molecular weight is 261 g/mol. The fourth-order valence-electron chi connectivity index (χ4n) is 2.60. The van der Waals surface area contributed by atoms with Gasteiger partial charge in [0.2, 0.25) is 0 Å². The van der Waals surface area contributed by atoms with Gasteiger partial charge in [0.15, 0.2) is 0 Å². The number of hydrogen-bond donors (Lipinski definition) is 2. The molecule has 2 unspecified atom stereocenters. The lowest BCUT2D eigenvalue weighted by atomic mass is 10.0. The number of hydrogen-bond acceptors (Lipinski definition) is 2. The fourth-order valence-corrected chi connectivity index (χ4v) is 2.60. The van der Waals surface area contributed by atoms with Crippen molar-refractivity contribution in [1.82, 2.24) is 5.32 Å². The number of benzene rings is 1. The van der Waals surface area contributed by atoms with Gasteiger partial charge in [-0.2, -0.15) is 0 Å². The number of rotatable bonds is 3. The molecule has 1 aromatic rings. The van der Waals surface area contributed by atoms with Gasteiger partial charge < -0.3 is 10.4 Å². The summed E-state index contributed by atoms with van der Waals surface area (Å²) in [6.45, 7) is 3.90. The van der Waals surface area contributed by atoms with Gasteiger partial charge in [-0.1, -0.05) is 12.1 Å². The van der Waals surface area contributed by atoms with Gasteiger partial charge in [-0.05, 0) is 50.3 Å². The minimum Gasteiger partial charge on any atom is -0.481 e. The van der Waals surface area contributed by atoms with E-state index in [4.69, 9.17) is 5.11 Å². The summed E-state index contributed by atoms with van der Waals surface area (Å²) in [5.41, 5.74) is 2.74. The van der Waals surface area contributed by atoms with E-state index in [1.165, 1.54) is 0 Å². The zero-order valence-corrected chi connectivity index (χ0v) is 11.3. The highest BCUT2D eigenvalue weighted by Crippen LogP contribution is 2.26. The molecular weight excluding hydrogens is 242 g/mol. The first kappa shape index (κ1) is 13.6. The second-order valence-corrected chi connectivity index (χ2v) is 5.27. The van der Waals surface area contributed by atoms with E-state index < -0.39 is 5.97 Å². The summed E-state index contributed by atoms with van der Waals surface area (Å²) in [4.78, 5) is 23.1. The number of aliphatic carboxylic acids is 1. The molecule has 0 aromatic heterocycles. The van der Waals surface area contributed by atoms with Crippen molar-refractivity contribution in [3.8, 4) is 0 Å². The van der Waals surface area contributed by atoms with E-state index in [2.05, 4.69) is 5.32 Å². The first-order chi connectivity index (χ1) is 8.99. The standard InChI is InChI=1S/C15H19NO3/c1-9-4-3-5-13(10(9)2)14(17)16-12-7-6-11(8-12)15(18)19/h3-5,11-12H,6-8H2,1-2H3,(H,16,17)(H,18,19). The summed E-state index contributed by atoms with van der Waals surface area (Å²) in [7, 11) is 0. The van der Waals surface area contributed by atoms with Gasteiger partial charge in [0.1, 0.15) is 0 Å². The van der Waals surface area contributed by atoms with Crippen LogP contribution in [0.15, 0.2) is 18.2 Å². The van der Waals surface area contributed by atoms with E-state index in [-0.39, 0.29) is 17.9 Å². The molecule has 1 aliphatic carbocycles. The SMILES string of the molecule is Cc1cccc(C(=O)NC2CCC(C(=O)O)C2)c1C. The normalized spacial score (nSPS) is 22.2. The topological polar surface area (TPSA) is 66.4 Å². The van der Waals surface area contributed by atoms with Crippen molar-refractivity contribution in [2.75, 3.05) is 0 Å². The van der Waals surface area contributed by atoms with Crippen LogP contribution < -0.4 is 5.32 Å². The highest BCUT2D eigenvalue weighted by atomic mass is 16.4. The average Bonchev–Trinajstić information content (AvgIpc) is 2.81. The Morgan fingerprint density at radius 2 is 2.00 bits per heavy atom. The van der Waals surface area contributed by atoms with Gasteiger partial charge in [0.05, 0.1) is 5.92 Å². The van der Waals surface area contributed by atoms with Crippen LogP contribution in [0, 0.1) is 19.8 Å². The number of carboxylic acids is 1.